The highest BCUT2D eigenvalue weighted by molar-refractivity contribution is 7.09. The van der Waals surface area contributed by atoms with Crippen LogP contribution in [0.4, 0.5) is 0 Å². The van der Waals surface area contributed by atoms with E-state index in [1.165, 1.54) is 0 Å². The summed E-state index contributed by atoms with van der Waals surface area (Å²) in [6.07, 6.45) is 4.72. The third-order valence-corrected chi connectivity index (χ3v) is 5.16. The highest BCUT2D eigenvalue weighted by atomic mass is 32.1. The van der Waals surface area contributed by atoms with Crippen molar-refractivity contribution in [2.75, 3.05) is 19.7 Å². The number of guanidine groups is 1. The molecule has 2 rings (SSSR count). The highest BCUT2D eigenvalue weighted by Gasteiger charge is 2.04. The third-order valence-electron chi connectivity index (χ3n) is 4.25. The van der Waals surface area contributed by atoms with Gasteiger partial charge in [-0.25, -0.2) is 4.98 Å². The van der Waals surface area contributed by atoms with Gasteiger partial charge >= 0.3 is 0 Å². The van der Waals surface area contributed by atoms with Crippen LogP contribution >= 0.6 is 11.3 Å². The predicted molar refractivity (Wildman–Crippen MR) is 122 cm³/mol. The van der Waals surface area contributed by atoms with Crippen molar-refractivity contribution in [1.29, 1.82) is 16.2 Å². The molecule has 9 nitrogen and oxygen atoms in total. The number of aromatic nitrogens is 1. The smallest absolute Gasteiger partial charge is 0.188 e. The maximum Gasteiger partial charge on any atom is 0.188 e. The summed E-state index contributed by atoms with van der Waals surface area (Å²) in [5.41, 5.74) is 12.1. The van der Waals surface area contributed by atoms with Crippen molar-refractivity contribution in [3.05, 3.63) is 45.9 Å². The number of nitrogens with zero attached hydrogens (tertiary/aromatic N) is 1. The Morgan fingerprint density at radius 2 is 1.63 bits per heavy atom. The van der Waals surface area contributed by atoms with E-state index in [1.54, 1.807) is 35.6 Å². The minimum Gasteiger partial charge on any atom is -0.494 e. The van der Waals surface area contributed by atoms with E-state index in [0.717, 1.165) is 49.4 Å². The van der Waals surface area contributed by atoms with Gasteiger partial charge in [-0.3, -0.25) is 16.2 Å². The molecule has 0 saturated heterocycles. The molecule has 1 aromatic carbocycles. The number of thiazole rings is 1. The first kappa shape index (κ1) is 23.1. The maximum atomic E-state index is 7.87. The lowest BCUT2D eigenvalue weighted by Crippen LogP contribution is -2.37. The van der Waals surface area contributed by atoms with Crippen molar-refractivity contribution in [2.24, 2.45) is 11.5 Å². The molecule has 1 aromatic heterocycles. The molecule has 9 N–H and O–H groups in total. The Morgan fingerprint density at radius 3 is 2.27 bits per heavy atom. The quantitative estimate of drug-likeness (QED) is 0.146. The number of nitrogens with one attached hydrogen (secondary N) is 5. The van der Waals surface area contributed by atoms with Crippen molar-refractivity contribution >= 4 is 29.0 Å². The number of ether oxygens (including phenoxy) is 1. The molecule has 0 aliphatic rings. The molecule has 162 valence electrons. The predicted octanol–water partition coefficient (Wildman–Crippen LogP) is 2.01. The van der Waals surface area contributed by atoms with E-state index < -0.39 is 0 Å². The van der Waals surface area contributed by atoms with E-state index in [9.17, 15) is 0 Å². The van der Waals surface area contributed by atoms with Crippen LogP contribution in [-0.4, -0.2) is 42.3 Å². The summed E-state index contributed by atoms with van der Waals surface area (Å²) in [4.78, 5) is 4.32. The van der Waals surface area contributed by atoms with Crippen molar-refractivity contribution in [1.82, 2.24) is 15.6 Å². The third kappa shape index (κ3) is 8.48. The summed E-state index contributed by atoms with van der Waals surface area (Å²) >= 11 is 1.54. The number of hydrogen-bond donors (Lipinski definition) is 7. The number of aryl methyl sites for hydroxylation is 1. The normalized spacial score (nSPS) is 10.4. The first-order valence-corrected chi connectivity index (χ1v) is 10.8. The van der Waals surface area contributed by atoms with Crippen LogP contribution in [-0.2, 0) is 6.42 Å². The second-order valence-electron chi connectivity index (χ2n) is 6.72. The van der Waals surface area contributed by atoms with Gasteiger partial charge in [-0.1, -0.05) is 6.42 Å². The van der Waals surface area contributed by atoms with Gasteiger partial charge in [0.2, 0.25) is 0 Å². The van der Waals surface area contributed by atoms with Crippen LogP contribution in [0.1, 0.15) is 41.9 Å². The van der Waals surface area contributed by atoms with E-state index in [-0.39, 0.29) is 11.7 Å². The van der Waals surface area contributed by atoms with Gasteiger partial charge in [0, 0.05) is 24.0 Å². The Bertz CT molecular complexity index is 834. The minimum atomic E-state index is 0.0163. The first-order valence-electron chi connectivity index (χ1n) is 9.88. The Labute approximate surface area is 180 Å². The zero-order valence-electron chi connectivity index (χ0n) is 17.0. The van der Waals surface area contributed by atoms with Gasteiger partial charge in [0.05, 0.1) is 11.6 Å². The van der Waals surface area contributed by atoms with E-state index in [1.807, 2.05) is 5.38 Å². The van der Waals surface area contributed by atoms with Crippen LogP contribution < -0.4 is 26.8 Å². The van der Waals surface area contributed by atoms with Gasteiger partial charge < -0.3 is 26.8 Å². The van der Waals surface area contributed by atoms with Gasteiger partial charge in [0.1, 0.15) is 23.1 Å². The molecule has 0 fully saturated rings. The monoisotopic (exact) mass is 430 g/mol. The highest BCUT2D eigenvalue weighted by Crippen LogP contribution is 2.13. The number of amidine groups is 2. The molecule has 0 spiro atoms. The molecule has 30 heavy (non-hydrogen) atoms. The lowest BCUT2D eigenvalue weighted by Gasteiger charge is -2.11. The average Bonchev–Trinajstić information content (AvgIpc) is 3.20. The summed E-state index contributed by atoms with van der Waals surface area (Å²) < 4.78 is 5.63. The van der Waals surface area contributed by atoms with Crippen LogP contribution in [0.3, 0.4) is 0 Å². The van der Waals surface area contributed by atoms with Gasteiger partial charge in [-0.05, 0) is 49.9 Å². The maximum absolute atomic E-state index is 7.87. The molecule has 0 saturated carbocycles. The van der Waals surface area contributed by atoms with Gasteiger partial charge in [0.25, 0.3) is 0 Å². The number of nitrogen functional groups attached to an aromatic ring is 2. The van der Waals surface area contributed by atoms with Gasteiger partial charge in [-0.2, -0.15) is 0 Å². The molecule has 0 unspecified atom stereocenters. The number of rotatable bonds is 13. The Kier molecular flexibility index (Phi) is 9.59. The van der Waals surface area contributed by atoms with Gasteiger partial charge in [0.15, 0.2) is 5.96 Å². The largest absolute Gasteiger partial charge is 0.494 e. The van der Waals surface area contributed by atoms with Gasteiger partial charge in [-0.15, -0.1) is 11.3 Å². The lowest BCUT2D eigenvalue weighted by atomic mass is 10.2. The minimum absolute atomic E-state index is 0.0163. The number of hydrogen-bond acceptors (Lipinski definition) is 6. The number of unbranched alkanes of at least 4 members (excludes halogenated alkanes) is 2. The Morgan fingerprint density at radius 1 is 0.933 bits per heavy atom. The van der Waals surface area contributed by atoms with Crippen molar-refractivity contribution in [3.63, 3.8) is 0 Å². The standard InChI is InChI=1S/C20H30N8OS/c21-18(22)14-6-8-15(9-7-14)29-12-4-11-27-20(25)26-10-3-1-2-5-17-28-16(13-30-17)19(23)24/h6-9,13H,1-5,10-12H2,(H3,21,22)(H3,23,24)(H3,25,26,27). The van der Waals surface area contributed by atoms with E-state index in [4.69, 9.17) is 32.4 Å². The molecular weight excluding hydrogens is 400 g/mol. The van der Waals surface area contributed by atoms with Crippen LogP contribution in [0.15, 0.2) is 29.6 Å². The van der Waals surface area contributed by atoms with E-state index >= 15 is 0 Å². The fraction of sp³-hybridized carbons (Fsp3) is 0.400. The number of benzene rings is 1. The average molecular weight is 431 g/mol. The van der Waals surface area contributed by atoms with E-state index in [0.29, 0.717) is 30.4 Å². The first-order chi connectivity index (χ1) is 14.5. The van der Waals surface area contributed by atoms with Crippen LogP contribution in [0.25, 0.3) is 0 Å². The molecular formula is C20H30N8OS. The Hall–Kier alpha value is -3.14. The zero-order chi connectivity index (χ0) is 21.8. The summed E-state index contributed by atoms with van der Waals surface area (Å²) in [7, 11) is 0. The lowest BCUT2D eigenvalue weighted by molar-refractivity contribution is 0.311. The summed E-state index contributed by atoms with van der Waals surface area (Å²) in [5, 5.41) is 31.5. The molecule has 1 heterocycles. The summed E-state index contributed by atoms with van der Waals surface area (Å²) in [5.74, 6) is 1.12. The second kappa shape index (κ2) is 12.4. The van der Waals surface area contributed by atoms with Crippen molar-refractivity contribution in [3.8, 4) is 5.75 Å². The SMILES string of the molecule is N=C(NCCCCCc1nc(C(=N)N)cs1)NCCCOc1ccc(C(=N)N)cc1. The molecule has 10 heteroatoms. The van der Waals surface area contributed by atoms with E-state index in [2.05, 4.69) is 15.6 Å². The molecule has 0 atom stereocenters. The van der Waals surface area contributed by atoms with Crippen LogP contribution in [0.2, 0.25) is 0 Å². The molecule has 0 radical (unpaired) electrons. The second-order valence-corrected chi connectivity index (χ2v) is 7.66. The molecule has 0 aliphatic heterocycles. The number of nitrogens with two attached hydrogens (primary N) is 2. The van der Waals surface area contributed by atoms with Crippen molar-refractivity contribution in [2.45, 2.75) is 32.1 Å². The fourth-order valence-corrected chi connectivity index (χ4v) is 3.45. The van der Waals surface area contributed by atoms with Crippen LogP contribution in [0, 0.1) is 16.2 Å². The summed E-state index contributed by atoms with van der Waals surface area (Å²) in [6, 6.07) is 7.11. The van der Waals surface area contributed by atoms with Crippen LogP contribution in [0.5, 0.6) is 5.75 Å². The zero-order valence-corrected chi connectivity index (χ0v) is 17.8. The molecule has 0 amide bonds. The fourth-order valence-electron chi connectivity index (χ4n) is 2.61. The Balaban J connectivity index is 1.45. The molecule has 0 bridgehead atoms. The molecule has 0 aliphatic carbocycles. The topological polar surface area (TPSA) is 170 Å². The summed E-state index contributed by atoms with van der Waals surface area (Å²) in [6.45, 7) is 1.95. The molecule has 2 aromatic rings. The van der Waals surface area contributed by atoms with Crippen molar-refractivity contribution < 1.29 is 4.74 Å².